The average Bonchev–Trinajstić information content (AvgIpc) is 2.38. The first-order valence-electron chi connectivity index (χ1n) is 6.83. The highest BCUT2D eigenvalue weighted by molar-refractivity contribution is 5.53. The zero-order valence-corrected chi connectivity index (χ0v) is 12.4. The van der Waals surface area contributed by atoms with Crippen LogP contribution in [0.5, 0.6) is 5.75 Å². The van der Waals surface area contributed by atoms with E-state index < -0.39 is 0 Å². The topological polar surface area (TPSA) is 38.5 Å². The van der Waals surface area contributed by atoms with Gasteiger partial charge < -0.3 is 15.4 Å². The summed E-state index contributed by atoms with van der Waals surface area (Å²) in [7, 11) is 2.08. The fraction of sp³-hybridized carbons (Fsp3) is 0.294. The van der Waals surface area contributed by atoms with Gasteiger partial charge >= 0.3 is 0 Å². The van der Waals surface area contributed by atoms with Gasteiger partial charge in [0.15, 0.2) is 0 Å². The first-order chi connectivity index (χ1) is 9.56. The van der Waals surface area contributed by atoms with Crippen molar-refractivity contribution in [2.45, 2.75) is 13.8 Å². The van der Waals surface area contributed by atoms with E-state index in [0.29, 0.717) is 6.61 Å². The number of hydrogen-bond donors (Lipinski definition) is 1. The van der Waals surface area contributed by atoms with Crippen LogP contribution in [0.1, 0.15) is 11.1 Å². The molecule has 0 spiro atoms. The van der Waals surface area contributed by atoms with Gasteiger partial charge in [-0.05, 0) is 37.6 Å². The molecule has 0 unspecified atom stereocenters. The maximum atomic E-state index is 5.72. The van der Waals surface area contributed by atoms with Crippen molar-refractivity contribution in [1.82, 2.24) is 0 Å². The van der Waals surface area contributed by atoms with Gasteiger partial charge in [0.2, 0.25) is 0 Å². The first-order valence-corrected chi connectivity index (χ1v) is 6.83. The molecule has 2 rings (SSSR count). The molecule has 0 bridgehead atoms. The summed E-state index contributed by atoms with van der Waals surface area (Å²) in [6.07, 6.45) is 0. The van der Waals surface area contributed by atoms with E-state index in [1.807, 2.05) is 24.3 Å². The van der Waals surface area contributed by atoms with Crippen molar-refractivity contribution in [3.05, 3.63) is 53.6 Å². The number of rotatable bonds is 5. The number of nitrogens with two attached hydrogens (primary N) is 1. The van der Waals surface area contributed by atoms with Gasteiger partial charge in [-0.25, -0.2) is 0 Å². The minimum absolute atomic E-state index is 0.632. The minimum atomic E-state index is 0.632. The molecule has 20 heavy (non-hydrogen) atoms. The van der Waals surface area contributed by atoms with Gasteiger partial charge in [-0.3, -0.25) is 0 Å². The number of likely N-dealkylation sites (N-methyl/N-ethyl adjacent to an activating group) is 1. The second kappa shape index (κ2) is 6.33. The second-order valence-electron chi connectivity index (χ2n) is 5.13. The SMILES string of the molecule is Cc1ccc(N(C)CCOc2cccc(N)c2)c(C)c1. The summed E-state index contributed by atoms with van der Waals surface area (Å²) in [5.41, 5.74) is 10.3. The third-order valence-electron chi connectivity index (χ3n) is 3.32. The zero-order valence-electron chi connectivity index (χ0n) is 12.4. The van der Waals surface area contributed by atoms with E-state index in [4.69, 9.17) is 10.5 Å². The average molecular weight is 270 g/mol. The third kappa shape index (κ3) is 3.67. The summed E-state index contributed by atoms with van der Waals surface area (Å²) in [6.45, 7) is 5.71. The van der Waals surface area contributed by atoms with Gasteiger partial charge in [0.1, 0.15) is 12.4 Å². The summed E-state index contributed by atoms with van der Waals surface area (Å²) in [6, 6.07) is 14.0. The number of aryl methyl sites for hydroxylation is 2. The first kappa shape index (κ1) is 14.3. The molecule has 0 saturated heterocycles. The summed E-state index contributed by atoms with van der Waals surface area (Å²) in [5.74, 6) is 0.819. The molecule has 0 aromatic heterocycles. The van der Waals surface area contributed by atoms with Crippen molar-refractivity contribution in [2.24, 2.45) is 0 Å². The van der Waals surface area contributed by atoms with Crippen LogP contribution in [0.25, 0.3) is 0 Å². The lowest BCUT2D eigenvalue weighted by Gasteiger charge is -2.22. The molecule has 2 N–H and O–H groups in total. The monoisotopic (exact) mass is 270 g/mol. The summed E-state index contributed by atoms with van der Waals surface area (Å²) in [4.78, 5) is 2.21. The lowest BCUT2D eigenvalue weighted by molar-refractivity contribution is 0.326. The largest absolute Gasteiger partial charge is 0.492 e. The van der Waals surface area contributed by atoms with Gasteiger partial charge in [0, 0.05) is 24.5 Å². The zero-order chi connectivity index (χ0) is 14.5. The molecule has 0 amide bonds. The highest BCUT2D eigenvalue weighted by atomic mass is 16.5. The lowest BCUT2D eigenvalue weighted by Crippen LogP contribution is -2.24. The summed E-state index contributed by atoms with van der Waals surface area (Å²) < 4.78 is 5.72. The Morgan fingerprint density at radius 1 is 1.10 bits per heavy atom. The molecule has 0 fully saturated rings. The van der Waals surface area contributed by atoms with Crippen LogP contribution in [-0.2, 0) is 0 Å². The maximum absolute atomic E-state index is 5.72. The molecule has 0 radical (unpaired) electrons. The van der Waals surface area contributed by atoms with Crippen LogP contribution in [0.2, 0.25) is 0 Å². The van der Waals surface area contributed by atoms with Crippen LogP contribution in [0.4, 0.5) is 11.4 Å². The van der Waals surface area contributed by atoms with Crippen LogP contribution in [-0.4, -0.2) is 20.2 Å². The quantitative estimate of drug-likeness (QED) is 0.846. The molecule has 3 heteroatoms. The fourth-order valence-electron chi connectivity index (χ4n) is 2.26. The van der Waals surface area contributed by atoms with Crippen LogP contribution >= 0.6 is 0 Å². The van der Waals surface area contributed by atoms with Crippen LogP contribution in [0.15, 0.2) is 42.5 Å². The van der Waals surface area contributed by atoms with Gasteiger partial charge in [-0.1, -0.05) is 23.8 Å². The molecule has 106 valence electrons. The Kier molecular flexibility index (Phi) is 4.51. The van der Waals surface area contributed by atoms with E-state index in [-0.39, 0.29) is 0 Å². The van der Waals surface area contributed by atoms with Crippen molar-refractivity contribution in [1.29, 1.82) is 0 Å². The molecule has 0 aliphatic carbocycles. The normalized spacial score (nSPS) is 10.3. The highest BCUT2D eigenvalue weighted by Gasteiger charge is 2.05. The van der Waals surface area contributed by atoms with Crippen LogP contribution in [0, 0.1) is 13.8 Å². The molecular weight excluding hydrogens is 248 g/mol. The Morgan fingerprint density at radius 3 is 2.60 bits per heavy atom. The number of anilines is 2. The molecule has 0 heterocycles. The van der Waals surface area contributed by atoms with Gasteiger partial charge in [0.05, 0.1) is 6.54 Å². The maximum Gasteiger partial charge on any atom is 0.121 e. The van der Waals surface area contributed by atoms with Crippen LogP contribution in [0.3, 0.4) is 0 Å². The van der Waals surface area contributed by atoms with Crippen molar-refractivity contribution in [2.75, 3.05) is 30.8 Å². The Labute approximate surface area is 121 Å². The lowest BCUT2D eigenvalue weighted by atomic mass is 10.1. The van der Waals surface area contributed by atoms with E-state index in [0.717, 1.165) is 18.0 Å². The van der Waals surface area contributed by atoms with Gasteiger partial charge in [-0.15, -0.1) is 0 Å². The fourth-order valence-corrected chi connectivity index (χ4v) is 2.26. The van der Waals surface area contributed by atoms with Crippen molar-refractivity contribution in [3.8, 4) is 5.75 Å². The van der Waals surface area contributed by atoms with E-state index in [1.165, 1.54) is 16.8 Å². The molecule has 0 saturated carbocycles. The van der Waals surface area contributed by atoms with Crippen molar-refractivity contribution in [3.63, 3.8) is 0 Å². The second-order valence-corrected chi connectivity index (χ2v) is 5.13. The van der Waals surface area contributed by atoms with E-state index in [9.17, 15) is 0 Å². The Bertz CT molecular complexity index is 581. The number of ether oxygens (including phenoxy) is 1. The van der Waals surface area contributed by atoms with Gasteiger partial charge in [0.25, 0.3) is 0 Å². The predicted octanol–water partition coefficient (Wildman–Crippen LogP) is 3.40. The van der Waals surface area contributed by atoms with E-state index in [2.05, 4.69) is 44.0 Å². The van der Waals surface area contributed by atoms with E-state index >= 15 is 0 Å². The standard InChI is InChI=1S/C17H22N2O/c1-13-7-8-17(14(2)11-13)19(3)9-10-20-16-6-4-5-15(18)12-16/h4-8,11-12H,9-10,18H2,1-3H3. The third-order valence-corrected chi connectivity index (χ3v) is 3.32. The molecule has 0 atom stereocenters. The number of nitrogen functional groups attached to an aromatic ring is 1. The molecule has 2 aromatic carbocycles. The van der Waals surface area contributed by atoms with Crippen LogP contribution < -0.4 is 15.4 Å². The van der Waals surface area contributed by atoms with Gasteiger partial charge in [-0.2, -0.15) is 0 Å². The number of benzene rings is 2. The molecule has 2 aromatic rings. The Morgan fingerprint density at radius 2 is 1.90 bits per heavy atom. The molecular formula is C17H22N2O. The van der Waals surface area contributed by atoms with Crippen molar-refractivity contribution < 1.29 is 4.74 Å². The Hall–Kier alpha value is -2.16. The van der Waals surface area contributed by atoms with Crippen molar-refractivity contribution >= 4 is 11.4 Å². The molecule has 0 aliphatic heterocycles. The van der Waals surface area contributed by atoms with E-state index in [1.54, 1.807) is 0 Å². The molecule has 0 aliphatic rings. The summed E-state index contributed by atoms with van der Waals surface area (Å²) >= 11 is 0. The summed E-state index contributed by atoms with van der Waals surface area (Å²) in [5, 5.41) is 0. The number of nitrogens with zero attached hydrogens (tertiary/aromatic N) is 1. The smallest absolute Gasteiger partial charge is 0.121 e. The minimum Gasteiger partial charge on any atom is -0.492 e. The predicted molar refractivity (Wildman–Crippen MR) is 85.5 cm³/mol. The Balaban J connectivity index is 1.90. The number of hydrogen-bond acceptors (Lipinski definition) is 3. The highest BCUT2D eigenvalue weighted by Crippen LogP contribution is 2.20. The molecule has 3 nitrogen and oxygen atoms in total.